The van der Waals surface area contributed by atoms with Gasteiger partial charge in [-0.05, 0) is 40.0 Å². The Morgan fingerprint density at radius 2 is 2.15 bits per heavy atom. The van der Waals surface area contributed by atoms with Crippen LogP contribution in [0.4, 0.5) is 0 Å². The van der Waals surface area contributed by atoms with Crippen LogP contribution in [-0.4, -0.2) is 49.3 Å². The molecule has 0 N–H and O–H groups in total. The van der Waals surface area contributed by atoms with Gasteiger partial charge >= 0.3 is 5.97 Å². The highest BCUT2D eigenvalue weighted by molar-refractivity contribution is 5.72. The first-order valence-electron chi connectivity index (χ1n) is 7.65. The Bertz CT molecular complexity index is 370. The Morgan fingerprint density at radius 1 is 1.45 bits per heavy atom. The van der Waals surface area contributed by atoms with Gasteiger partial charge in [0.1, 0.15) is 5.60 Å². The van der Waals surface area contributed by atoms with Gasteiger partial charge < -0.3 is 9.47 Å². The quantitative estimate of drug-likeness (QED) is 0.586. The minimum Gasteiger partial charge on any atom is -0.458 e. The molecule has 0 amide bonds. The summed E-state index contributed by atoms with van der Waals surface area (Å²) in [6.45, 7) is 9.71. The Kier molecular flexibility index (Phi) is 5.22. The lowest BCUT2D eigenvalue weighted by atomic mass is 9.79. The van der Waals surface area contributed by atoms with Crippen LogP contribution >= 0.6 is 0 Å². The number of morpholine rings is 1. The molecule has 0 saturated carbocycles. The molecule has 0 radical (unpaired) electrons. The summed E-state index contributed by atoms with van der Waals surface area (Å²) < 4.78 is 11.1. The first kappa shape index (κ1) is 15.5. The van der Waals surface area contributed by atoms with Crippen LogP contribution in [0.15, 0.2) is 11.6 Å². The smallest absolute Gasteiger partial charge is 0.320 e. The van der Waals surface area contributed by atoms with E-state index in [2.05, 4.69) is 17.9 Å². The Labute approximate surface area is 122 Å². The lowest BCUT2D eigenvalue weighted by Gasteiger charge is -2.36. The second-order valence-corrected chi connectivity index (χ2v) is 6.49. The average Bonchev–Trinajstić information content (AvgIpc) is 2.39. The first-order chi connectivity index (χ1) is 9.47. The molecule has 1 atom stereocenters. The third-order valence-corrected chi connectivity index (χ3v) is 4.45. The van der Waals surface area contributed by atoms with Gasteiger partial charge in [0.25, 0.3) is 0 Å². The predicted molar refractivity (Wildman–Crippen MR) is 78.5 cm³/mol. The predicted octanol–water partition coefficient (Wildman–Crippen LogP) is 2.39. The maximum atomic E-state index is 12.1. The van der Waals surface area contributed by atoms with Gasteiger partial charge in [-0.25, -0.2) is 0 Å². The largest absolute Gasteiger partial charge is 0.458 e. The molecule has 1 heterocycles. The average molecular weight is 281 g/mol. The molecule has 20 heavy (non-hydrogen) atoms. The maximum absolute atomic E-state index is 12.1. The molecule has 0 aromatic heterocycles. The summed E-state index contributed by atoms with van der Waals surface area (Å²) >= 11 is 0. The number of nitrogens with zero attached hydrogens (tertiary/aromatic N) is 1. The molecule has 114 valence electrons. The topological polar surface area (TPSA) is 38.8 Å². The molecule has 1 unspecified atom stereocenters. The third-order valence-electron chi connectivity index (χ3n) is 4.45. The van der Waals surface area contributed by atoms with Gasteiger partial charge in [0.05, 0.1) is 19.8 Å². The number of hydrogen-bond donors (Lipinski definition) is 0. The molecule has 1 fully saturated rings. The van der Waals surface area contributed by atoms with Gasteiger partial charge in [0.2, 0.25) is 0 Å². The van der Waals surface area contributed by atoms with E-state index in [1.165, 1.54) is 5.57 Å². The van der Waals surface area contributed by atoms with Crippen molar-refractivity contribution in [2.45, 2.75) is 45.6 Å². The summed E-state index contributed by atoms with van der Waals surface area (Å²) in [6.07, 6.45) is 5.53. The third kappa shape index (κ3) is 4.32. The summed E-state index contributed by atoms with van der Waals surface area (Å²) in [5.74, 6) is 0.322. The molecule has 0 spiro atoms. The van der Waals surface area contributed by atoms with Crippen LogP contribution < -0.4 is 0 Å². The zero-order valence-corrected chi connectivity index (χ0v) is 13.0. The fourth-order valence-corrected chi connectivity index (χ4v) is 2.95. The van der Waals surface area contributed by atoms with Gasteiger partial charge in [-0.1, -0.05) is 11.6 Å². The van der Waals surface area contributed by atoms with E-state index in [0.717, 1.165) is 32.4 Å². The lowest BCUT2D eigenvalue weighted by Crippen LogP contribution is -2.44. The van der Waals surface area contributed by atoms with E-state index in [0.29, 0.717) is 25.7 Å². The molecule has 1 aliphatic carbocycles. The van der Waals surface area contributed by atoms with Crippen LogP contribution in [0.2, 0.25) is 0 Å². The summed E-state index contributed by atoms with van der Waals surface area (Å²) in [5.41, 5.74) is 1.08. The van der Waals surface area contributed by atoms with E-state index in [9.17, 15) is 4.79 Å². The van der Waals surface area contributed by atoms with Crippen LogP contribution in [0.5, 0.6) is 0 Å². The molecule has 2 rings (SSSR count). The monoisotopic (exact) mass is 281 g/mol. The molecule has 1 aliphatic heterocycles. The number of rotatable bonds is 4. The highest BCUT2D eigenvalue weighted by atomic mass is 16.6. The second kappa shape index (κ2) is 6.72. The van der Waals surface area contributed by atoms with Crippen LogP contribution in [0.1, 0.15) is 40.0 Å². The fourth-order valence-electron chi connectivity index (χ4n) is 2.95. The molecule has 1 saturated heterocycles. The van der Waals surface area contributed by atoms with E-state index in [1.54, 1.807) is 0 Å². The summed E-state index contributed by atoms with van der Waals surface area (Å²) in [4.78, 5) is 14.2. The number of allylic oxidation sites excluding steroid dienone is 2. The Balaban J connectivity index is 1.82. The first-order valence-corrected chi connectivity index (χ1v) is 7.65. The van der Waals surface area contributed by atoms with Crippen LogP contribution in [-0.2, 0) is 14.3 Å². The van der Waals surface area contributed by atoms with E-state index >= 15 is 0 Å². The normalized spacial score (nSPS) is 25.1. The molecule has 0 aromatic rings. The number of hydrogen-bond acceptors (Lipinski definition) is 4. The lowest BCUT2D eigenvalue weighted by molar-refractivity contribution is -0.164. The molecule has 4 heteroatoms. The van der Waals surface area contributed by atoms with E-state index in [4.69, 9.17) is 9.47 Å². The minimum atomic E-state index is -0.374. The van der Waals surface area contributed by atoms with Gasteiger partial charge in [0, 0.05) is 19.0 Å². The number of carbonyl (C=O) groups is 1. The van der Waals surface area contributed by atoms with Gasteiger partial charge in [0.15, 0.2) is 0 Å². The van der Waals surface area contributed by atoms with Crippen molar-refractivity contribution < 1.29 is 14.3 Å². The van der Waals surface area contributed by atoms with Crippen molar-refractivity contribution in [1.82, 2.24) is 4.90 Å². The van der Waals surface area contributed by atoms with Crippen molar-refractivity contribution in [2.75, 3.05) is 32.8 Å². The van der Waals surface area contributed by atoms with Crippen molar-refractivity contribution in [3.63, 3.8) is 0 Å². The molecular weight excluding hydrogens is 254 g/mol. The van der Waals surface area contributed by atoms with Crippen molar-refractivity contribution in [2.24, 2.45) is 5.92 Å². The summed E-state index contributed by atoms with van der Waals surface area (Å²) in [6, 6.07) is 0. The maximum Gasteiger partial charge on any atom is 0.320 e. The van der Waals surface area contributed by atoms with Crippen LogP contribution in [0.3, 0.4) is 0 Å². The standard InChI is InChI=1S/C16H27NO3/c1-13-4-6-14(7-5-13)16(2,3)20-15(18)12-17-8-10-19-11-9-17/h4,14H,5-12H2,1-3H3. The highest BCUT2D eigenvalue weighted by Crippen LogP contribution is 2.34. The SMILES string of the molecule is CC1=CCC(C(C)(C)OC(=O)CN2CCOCC2)CC1. The molecule has 2 aliphatic rings. The van der Waals surface area contributed by atoms with Crippen LogP contribution in [0, 0.1) is 5.92 Å². The summed E-state index contributed by atoms with van der Waals surface area (Å²) in [5, 5.41) is 0. The van der Waals surface area contributed by atoms with Crippen molar-refractivity contribution in [3.05, 3.63) is 11.6 Å². The zero-order valence-electron chi connectivity index (χ0n) is 13.0. The van der Waals surface area contributed by atoms with E-state index in [-0.39, 0.29) is 11.6 Å². The molecular formula is C16H27NO3. The van der Waals surface area contributed by atoms with Crippen molar-refractivity contribution in [3.8, 4) is 0 Å². The van der Waals surface area contributed by atoms with Crippen molar-refractivity contribution >= 4 is 5.97 Å². The number of esters is 1. The van der Waals surface area contributed by atoms with E-state index < -0.39 is 0 Å². The fraction of sp³-hybridized carbons (Fsp3) is 0.812. The van der Waals surface area contributed by atoms with Crippen molar-refractivity contribution in [1.29, 1.82) is 0 Å². The number of ether oxygens (including phenoxy) is 2. The van der Waals surface area contributed by atoms with Gasteiger partial charge in [-0.3, -0.25) is 9.69 Å². The molecule has 0 aromatic carbocycles. The van der Waals surface area contributed by atoms with E-state index in [1.807, 2.05) is 13.8 Å². The van der Waals surface area contributed by atoms with Crippen LogP contribution in [0.25, 0.3) is 0 Å². The number of carbonyl (C=O) groups excluding carboxylic acids is 1. The highest BCUT2D eigenvalue weighted by Gasteiger charge is 2.34. The molecule has 0 bridgehead atoms. The Hall–Kier alpha value is -0.870. The molecule has 4 nitrogen and oxygen atoms in total. The minimum absolute atomic E-state index is 0.108. The Morgan fingerprint density at radius 3 is 2.75 bits per heavy atom. The summed E-state index contributed by atoms with van der Waals surface area (Å²) in [7, 11) is 0. The van der Waals surface area contributed by atoms with Gasteiger partial charge in [-0.15, -0.1) is 0 Å². The van der Waals surface area contributed by atoms with Gasteiger partial charge in [-0.2, -0.15) is 0 Å². The second-order valence-electron chi connectivity index (χ2n) is 6.49. The zero-order chi connectivity index (χ0) is 14.6.